The predicted molar refractivity (Wildman–Crippen MR) is 72.4 cm³/mol. The van der Waals surface area contributed by atoms with E-state index >= 15 is 0 Å². The van der Waals surface area contributed by atoms with Crippen LogP contribution in [0.3, 0.4) is 0 Å². The van der Waals surface area contributed by atoms with E-state index in [2.05, 4.69) is 0 Å². The van der Waals surface area contributed by atoms with Crippen molar-refractivity contribution in [2.24, 2.45) is 0 Å². The van der Waals surface area contributed by atoms with Gasteiger partial charge >= 0.3 is 0 Å². The monoisotopic (exact) mass is 283 g/mol. The normalized spacial score (nSPS) is 10.3. The van der Waals surface area contributed by atoms with Crippen LogP contribution in [0.5, 0.6) is 0 Å². The van der Waals surface area contributed by atoms with Gasteiger partial charge in [0.1, 0.15) is 0 Å². The van der Waals surface area contributed by atoms with Crippen LogP contribution in [-0.2, 0) is 4.74 Å². The first-order valence-electron chi connectivity index (χ1n) is 5.94. The summed E-state index contributed by atoms with van der Waals surface area (Å²) >= 11 is 0. The van der Waals surface area contributed by atoms with Gasteiger partial charge in [-0.15, -0.1) is 0 Å². The molecule has 0 aliphatic heterocycles. The summed E-state index contributed by atoms with van der Waals surface area (Å²) in [6.07, 6.45) is 0. The Morgan fingerprint density at radius 2 is 2.20 bits per heavy atom. The maximum Gasteiger partial charge on any atom is 0.270 e. The lowest BCUT2D eigenvalue weighted by Crippen LogP contribution is -2.36. The first-order chi connectivity index (χ1) is 9.51. The molecule has 0 aliphatic rings. The number of nitrogen functional groups attached to an aromatic ring is 1. The van der Waals surface area contributed by atoms with Gasteiger partial charge in [-0.25, -0.2) is 0 Å². The molecule has 0 saturated carbocycles. The molecule has 0 spiro atoms. The van der Waals surface area contributed by atoms with Crippen LogP contribution in [0.15, 0.2) is 18.2 Å². The number of methoxy groups -OCH3 is 1. The number of nitro benzene ring substituents is 1. The van der Waals surface area contributed by atoms with E-state index < -0.39 is 10.8 Å². The average Bonchev–Trinajstić information content (AvgIpc) is 2.43. The number of aliphatic hydroxyl groups excluding tert-OH is 1. The van der Waals surface area contributed by atoms with Gasteiger partial charge in [-0.1, -0.05) is 0 Å². The topological polar surface area (TPSA) is 119 Å². The average molecular weight is 283 g/mol. The number of benzene rings is 1. The standard InChI is InChI=1S/C12H17N3O5/c1-20-7-5-14(4-6-16)12(17)10-8-9(15(18)19)2-3-11(10)13/h2-3,8,16H,4-7,13H2,1H3. The third-order valence-corrected chi connectivity index (χ3v) is 2.70. The van der Waals surface area contributed by atoms with Crippen molar-refractivity contribution in [3.05, 3.63) is 33.9 Å². The maximum absolute atomic E-state index is 12.3. The van der Waals surface area contributed by atoms with Crippen molar-refractivity contribution in [3.8, 4) is 0 Å². The summed E-state index contributed by atoms with van der Waals surface area (Å²) in [4.78, 5) is 23.8. The molecule has 3 N–H and O–H groups in total. The largest absolute Gasteiger partial charge is 0.398 e. The van der Waals surface area contributed by atoms with E-state index in [0.717, 1.165) is 6.07 Å². The molecule has 0 atom stereocenters. The van der Waals surface area contributed by atoms with Crippen LogP contribution < -0.4 is 5.73 Å². The molecule has 0 radical (unpaired) electrons. The van der Waals surface area contributed by atoms with E-state index in [-0.39, 0.29) is 36.6 Å². The minimum Gasteiger partial charge on any atom is -0.398 e. The van der Waals surface area contributed by atoms with E-state index in [9.17, 15) is 14.9 Å². The number of nitrogens with zero attached hydrogens (tertiary/aromatic N) is 2. The van der Waals surface area contributed by atoms with Crippen molar-refractivity contribution < 1.29 is 19.6 Å². The Kier molecular flexibility index (Phi) is 5.88. The Bertz CT molecular complexity index is 492. The zero-order valence-electron chi connectivity index (χ0n) is 11.1. The van der Waals surface area contributed by atoms with Crippen LogP contribution in [0.25, 0.3) is 0 Å². The molecule has 8 nitrogen and oxygen atoms in total. The molecule has 0 bridgehead atoms. The summed E-state index contributed by atoms with van der Waals surface area (Å²) in [5.74, 6) is -0.475. The van der Waals surface area contributed by atoms with E-state index in [1.807, 2.05) is 0 Å². The first-order valence-corrected chi connectivity index (χ1v) is 5.94. The highest BCUT2D eigenvalue weighted by Crippen LogP contribution is 2.21. The van der Waals surface area contributed by atoms with E-state index in [4.69, 9.17) is 15.6 Å². The van der Waals surface area contributed by atoms with Crippen molar-refractivity contribution in [1.29, 1.82) is 0 Å². The maximum atomic E-state index is 12.3. The van der Waals surface area contributed by atoms with Gasteiger partial charge in [0.2, 0.25) is 0 Å². The zero-order valence-corrected chi connectivity index (χ0v) is 11.1. The summed E-state index contributed by atoms with van der Waals surface area (Å²) in [5, 5.41) is 19.7. The van der Waals surface area contributed by atoms with E-state index in [1.165, 1.54) is 24.1 Å². The minimum absolute atomic E-state index is 0.0451. The van der Waals surface area contributed by atoms with Gasteiger partial charge in [0, 0.05) is 38.0 Å². The molecule has 0 unspecified atom stereocenters. The number of aliphatic hydroxyl groups is 1. The van der Waals surface area contributed by atoms with Gasteiger partial charge in [0.05, 0.1) is 23.7 Å². The number of anilines is 1. The fourth-order valence-electron chi connectivity index (χ4n) is 1.65. The van der Waals surface area contributed by atoms with Crippen LogP contribution in [0.2, 0.25) is 0 Å². The smallest absolute Gasteiger partial charge is 0.270 e. The lowest BCUT2D eigenvalue weighted by atomic mass is 10.1. The van der Waals surface area contributed by atoms with Gasteiger partial charge < -0.3 is 20.5 Å². The van der Waals surface area contributed by atoms with Crippen molar-refractivity contribution in [2.75, 3.05) is 39.1 Å². The molecule has 0 aliphatic carbocycles. The number of ether oxygens (including phenoxy) is 1. The van der Waals surface area contributed by atoms with Gasteiger partial charge in [-0.2, -0.15) is 0 Å². The van der Waals surface area contributed by atoms with Crippen molar-refractivity contribution in [3.63, 3.8) is 0 Å². The van der Waals surface area contributed by atoms with Crippen molar-refractivity contribution in [1.82, 2.24) is 4.90 Å². The first kappa shape index (κ1) is 15.9. The highest BCUT2D eigenvalue weighted by Gasteiger charge is 2.20. The molecule has 110 valence electrons. The second-order valence-corrected chi connectivity index (χ2v) is 4.04. The Balaban J connectivity index is 3.03. The molecular formula is C12H17N3O5. The number of amides is 1. The summed E-state index contributed by atoms with van der Waals surface area (Å²) < 4.78 is 4.88. The summed E-state index contributed by atoms with van der Waals surface area (Å²) in [6, 6.07) is 3.69. The highest BCUT2D eigenvalue weighted by molar-refractivity contribution is 5.99. The second-order valence-electron chi connectivity index (χ2n) is 4.04. The summed E-state index contributed by atoms with van der Waals surface area (Å²) in [6.45, 7) is 0.438. The Morgan fingerprint density at radius 1 is 1.50 bits per heavy atom. The van der Waals surface area contributed by atoms with Gasteiger partial charge in [0.25, 0.3) is 11.6 Å². The third-order valence-electron chi connectivity index (χ3n) is 2.70. The van der Waals surface area contributed by atoms with Crippen LogP contribution >= 0.6 is 0 Å². The third kappa shape index (κ3) is 3.90. The number of rotatable bonds is 7. The minimum atomic E-state index is -0.595. The van der Waals surface area contributed by atoms with E-state index in [0.29, 0.717) is 6.61 Å². The number of carbonyl (C=O) groups excluding carboxylic acids is 1. The number of nitrogens with two attached hydrogens (primary N) is 1. The molecule has 0 fully saturated rings. The molecule has 1 aromatic carbocycles. The fourth-order valence-corrected chi connectivity index (χ4v) is 1.65. The van der Waals surface area contributed by atoms with Crippen LogP contribution in [0.1, 0.15) is 10.4 Å². The molecule has 1 aromatic rings. The van der Waals surface area contributed by atoms with Crippen LogP contribution in [0, 0.1) is 10.1 Å². The number of nitro groups is 1. The van der Waals surface area contributed by atoms with Crippen molar-refractivity contribution >= 4 is 17.3 Å². The van der Waals surface area contributed by atoms with E-state index in [1.54, 1.807) is 0 Å². The number of carbonyl (C=O) groups is 1. The second kappa shape index (κ2) is 7.41. The van der Waals surface area contributed by atoms with Gasteiger partial charge in [-0.3, -0.25) is 14.9 Å². The molecule has 0 heterocycles. The predicted octanol–water partition coefficient (Wildman–Crippen LogP) is 0.258. The summed E-state index contributed by atoms with van der Waals surface area (Å²) in [5.41, 5.74) is 5.68. The number of non-ortho nitro benzene ring substituents is 1. The van der Waals surface area contributed by atoms with Crippen molar-refractivity contribution in [2.45, 2.75) is 0 Å². The Hall–Kier alpha value is -2.19. The fraction of sp³-hybridized carbons (Fsp3) is 0.417. The quantitative estimate of drug-likeness (QED) is 0.421. The highest BCUT2D eigenvalue weighted by atomic mass is 16.6. The number of hydrogen-bond donors (Lipinski definition) is 2. The van der Waals surface area contributed by atoms with Crippen LogP contribution in [0.4, 0.5) is 11.4 Å². The van der Waals surface area contributed by atoms with Crippen LogP contribution in [-0.4, -0.2) is 54.3 Å². The lowest BCUT2D eigenvalue weighted by Gasteiger charge is -2.22. The molecule has 0 aromatic heterocycles. The molecule has 20 heavy (non-hydrogen) atoms. The Labute approximate surface area is 115 Å². The molecular weight excluding hydrogens is 266 g/mol. The summed E-state index contributed by atoms with van der Waals surface area (Å²) in [7, 11) is 1.49. The van der Waals surface area contributed by atoms with Gasteiger partial charge in [-0.05, 0) is 6.07 Å². The molecule has 0 saturated heterocycles. The number of hydrogen-bond acceptors (Lipinski definition) is 6. The Morgan fingerprint density at radius 3 is 2.75 bits per heavy atom. The molecule has 1 rings (SSSR count). The van der Waals surface area contributed by atoms with Gasteiger partial charge in [0.15, 0.2) is 0 Å². The zero-order chi connectivity index (χ0) is 15.1. The molecule has 1 amide bonds. The molecule has 8 heteroatoms. The SMILES string of the molecule is COCCN(CCO)C(=O)c1cc([N+](=O)[O-])ccc1N. The lowest BCUT2D eigenvalue weighted by molar-refractivity contribution is -0.384.